The predicted molar refractivity (Wildman–Crippen MR) is 69.8 cm³/mol. The van der Waals surface area contributed by atoms with Gasteiger partial charge in [0.1, 0.15) is 0 Å². The summed E-state index contributed by atoms with van der Waals surface area (Å²) >= 11 is 0. The second-order valence-electron chi connectivity index (χ2n) is 4.07. The second kappa shape index (κ2) is 4.50. The second-order valence-corrected chi connectivity index (χ2v) is 4.07. The number of benzene rings is 1. The van der Waals surface area contributed by atoms with E-state index in [0.29, 0.717) is 0 Å². The summed E-state index contributed by atoms with van der Waals surface area (Å²) in [6.45, 7) is 0. The molecule has 1 aromatic carbocycles. The average molecular weight is 236 g/mol. The van der Waals surface area contributed by atoms with Gasteiger partial charge in [-0.3, -0.25) is 15.0 Å². The van der Waals surface area contributed by atoms with Gasteiger partial charge in [0.05, 0.1) is 23.4 Å². The highest BCUT2D eigenvalue weighted by Gasteiger charge is 2.11. The van der Waals surface area contributed by atoms with Crippen LogP contribution in [0.15, 0.2) is 55.1 Å². The van der Waals surface area contributed by atoms with Crippen LogP contribution in [0.25, 0.3) is 10.9 Å². The molecule has 0 saturated carbocycles. The number of aromatic nitrogens is 3. The van der Waals surface area contributed by atoms with Crippen LogP contribution in [0.4, 0.5) is 0 Å². The maximum Gasteiger partial charge on any atom is 0.0799 e. The number of hydrogen-bond acceptors (Lipinski definition) is 4. The number of nitrogens with zero attached hydrogens (tertiary/aromatic N) is 3. The molecule has 2 aromatic heterocycles. The Bertz CT molecular complexity index is 667. The summed E-state index contributed by atoms with van der Waals surface area (Å²) in [7, 11) is 0. The standard InChI is InChI=1S/C14H12N4/c15-14(13-9-16-5-6-17-13)11-7-10-3-1-2-4-12(10)18-8-11/h1-9,14H,15H2. The van der Waals surface area contributed by atoms with Crippen molar-refractivity contribution in [3.8, 4) is 0 Å². The summed E-state index contributed by atoms with van der Waals surface area (Å²) in [5, 5.41) is 1.08. The van der Waals surface area contributed by atoms with Crippen molar-refractivity contribution in [3.63, 3.8) is 0 Å². The third kappa shape index (κ3) is 1.94. The van der Waals surface area contributed by atoms with E-state index in [4.69, 9.17) is 5.73 Å². The summed E-state index contributed by atoms with van der Waals surface area (Å²) < 4.78 is 0. The first kappa shape index (κ1) is 10.8. The number of rotatable bonds is 2. The van der Waals surface area contributed by atoms with Crippen LogP contribution in [0, 0.1) is 0 Å². The fraction of sp³-hybridized carbons (Fsp3) is 0.0714. The monoisotopic (exact) mass is 236 g/mol. The fourth-order valence-electron chi connectivity index (χ4n) is 1.90. The molecule has 2 N–H and O–H groups in total. The Morgan fingerprint density at radius 2 is 1.89 bits per heavy atom. The zero-order valence-electron chi connectivity index (χ0n) is 9.69. The molecule has 0 fully saturated rings. The Hall–Kier alpha value is -2.33. The summed E-state index contributed by atoms with van der Waals surface area (Å²) in [4.78, 5) is 12.7. The summed E-state index contributed by atoms with van der Waals surface area (Å²) in [5.41, 5.74) is 8.81. The molecule has 4 nitrogen and oxygen atoms in total. The minimum atomic E-state index is -0.296. The van der Waals surface area contributed by atoms with Gasteiger partial charge in [-0.05, 0) is 17.7 Å². The topological polar surface area (TPSA) is 64.7 Å². The first-order chi connectivity index (χ1) is 8.84. The highest BCUT2D eigenvalue weighted by atomic mass is 14.8. The van der Waals surface area contributed by atoms with Gasteiger partial charge in [-0.1, -0.05) is 18.2 Å². The molecule has 3 rings (SSSR count). The van der Waals surface area contributed by atoms with Crippen molar-refractivity contribution >= 4 is 10.9 Å². The van der Waals surface area contributed by atoms with Gasteiger partial charge in [0, 0.05) is 24.0 Å². The van der Waals surface area contributed by atoms with E-state index in [0.717, 1.165) is 22.2 Å². The highest BCUT2D eigenvalue weighted by Crippen LogP contribution is 2.20. The average Bonchev–Trinajstić information content (AvgIpc) is 2.47. The molecule has 1 unspecified atom stereocenters. The molecule has 1 atom stereocenters. The minimum absolute atomic E-state index is 0.296. The lowest BCUT2D eigenvalue weighted by molar-refractivity contribution is 0.815. The lowest BCUT2D eigenvalue weighted by Crippen LogP contribution is -2.13. The van der Waals surface area contributed by atoms with Crippen LogP contribution in [-0.4, -0.2) is 15.0 Å². The van der Waals surface area contributed by atoms with E-state index >= 15 is 0 Å². The van der Waals surface area contributed by atoms with Gasteiger partial charge in [-0.25, -0.2) is 0 Å². The van der Waals surface area contributed by atoms with Crippen LogP contribution in [0.2, 0.25) is 0 Å². The zero-order valence-corrected chi connectivity index (χ0v) is 9.69. The summed E-state index contributed by atoms with van der Waals surface area (Å²) in [6.07, 6.45) is 6.75. The normalized spacial score (nSPS) is 12.5. The Kier molecular flexibility index (Phi) is 2.70. The number of hydrogen-bond donors (Lipinski definition) is 1. The lowest BCUT2D eigenvalue weighted by atomic mass is 10.0. The number of para-hydroxylation sites is 1. The minimum Gasteiger partial charge on any atom is -0.319 e. The Balaban J connectivity index is 2.04. The van der Waals surface area contributed by atoms with Gasteiger partial charge in [-0.15, -0.1) is 0 Å². The maximum absolute atomic E-state index is 6.16. The van der Waals surface area contributed by atoms with E-state index in [2.05, 4.69) is 15.0 Å². The lowest BCUT2D eigenvalue weighted by Gasteiger charge is -2.11. The van der Waals surface area contributed by atoms with Crippen molar-refractivity contribution in [2.45, 2.75) is 6.04 Å². The van der Waals surface area contributed by atoms with Crippen LogP contribution in [-0.2, 0) is 0 Å². The van der Waals surface area contributed by atoms with E-state index in [-0.39, 0.29) is 6.04 Å². The van der Waals surface area contributed by atoms with Crippen molar-refractivity contribution in [1.82, 2.24) is 15.0 Å². The van der Waals surface area contributed by atoms with Gasteiger partial charge in [0.15, 0.2) is 0 Å². The molecule has 3 aromatic rings. The number of pyridine rings is 1. The fourth-order valence-corrected chi connectivity index (χ4v) is 1.90. The first-order valence-electron chi connectivity index (χ1n) is 5.71. The van der Waals surface area contributed by atoms with Crippen molar-refractivity contribution in [3.05, 3.63) is 66.4 Å². The Morgan fingerprint density at radius 1 is 1.00 bits per heavy atom. The molecule has 0 radical (unpaired) electrons. The van der Waals surface area contributed by atoms with Crippen LogP contribution in [0.1, 0.15) is 17.3 Å². The molecule has 0 aliphatic heterocycles. The first-order valence-corrected chi connectivity index (χ1v) is 5.71. The van der Waals surface area contributed by atoms with Crippen molar-refractivity contribution < 1.29 is 0 Å². The molecule has 0 aliphatic carbocycles. The SMILES string of the molecule is NC(c1cnc2ccccc2c1)c1cnccn1. The van der Waals surface area contributed by atoms with Crippen molar-refractivity contribution in [2.75, 3.05) is 0 Å². The third-order valence-electron chi connectivity index (χ3n) is 2.87. The van der Waals surface area contributed by atoms with Gasteiger partial charge >= 0.3 is 0 Å². The van der Waals surface area contributed by atoms with Gasteiger partial charge in [0.25, 0.3) is 0 Å². The highest BCUT2D eigenvalue weighted by molar-refractivity contribution is 5.78. The maximum atomic E-state index is 6.16. The van der Waals surface area contributed by atoms with E-state index < -0.39 is 0 Å². The molecule has 2 heterocycles. The smallest absolute Gasteiger partial charge is 0.0799 e. The van der Waals surface area contributed by atoms with Crippen LogP contribution < -0.4 is 5.73 Å². The molecule has 0 saturated heterocycles. The van der Waals surface area contributed by atoms with Gasteiger partial charge < -0.3 is 5.73 Å². The Morgan fingerprint density at radius 3 is 2.72 bits per heavy atom. The van der Waals surface area contributed by atoms with Crippen LogP contribution in [0.5, 0.6) is 0 Å². The molecule has 0 aliphatic rings. The number of nitrogens with two attached hydrogens (primary N) is 1. The number of fused-ring (bicyclic) bond motifs is 1. The Labute approximate surface area is 105 Å². The van der Waals surface area contributed by atoms with Gasteiger partial charge in [0.2, 0.25) is 0 Å². The van der Waals surface area contributed by atoms with Crippen LogP contribution >= 0.6 is 0 Å². The molecule has 0 amide bonds. The van der Waals surface area contributed by atoms with Crippen LogP contribution in [0.3, 0.4) is 0 Å². The predicted octanol–water partition coefficient (Wildman–Crippen LogP) is 2.07. The zero-order chi connectivity index (χ0) is 12.4. The molecule has 88 valence electrons. The molecular weight excluding hydrogens is 224 g/mol. The van der Waals surface area contributed by atoms with Crippen molar-refractivity contribution in [1.29, 1.82) is 0 Å². The third-order valence-corrected chi connectivity index (χ3v) is 2.87. The molecule has 0 spiro atoms. The molecule has 4 heteroatoms. The summed E-state index contributed by atoms with van der Waals surface area (Å²) in [6, 6.07) is 9.71. The molecular formula is C14H12N4. The largest absolute Gasteiger partial charge is 0.319 e. The molecule has 0 bridgehead atoms. The van der Waals surface area contributed by atoms with E-state index in [1.807, 2.05) is 30.3 Å². The molecule has 18 heavy (non-hydrogen) atoms. The van der Waals surface area contributed by atoms with Crippen molar-refractivity contribution in [2.24, 2.45) is 5.73 Å². The van der Waals surface area contributed by atoms with E-state index in [9.17, 15) is 0 Å². The van der Waals surface area contributed by atoms with E-state index in [1.54, 1.807) is 24.8 Å². The quantitative estimate of drug-likeness (QED) is 0.739. The van der Waals surface area contributed by atoms with E-state index in [1.165, 1.54) is 0 Å². The summed E-state index contributed by atoms with van der Waals surface area (Å²) in [5.74, 6) is 0. The van der Waals surface area contributed by atoms with Gasteiger partial charge in [-0.2, -0.15) is 0 Å².